The zero-order valence-electron chi connectivity index (χ0n) is 18.7. The molecule has 4 atom stereocenters. The van der Waals surface area contributed by atoms with Crippen molar-refractivity contribution < 1.29 is 28.8 Å². The van der Waals surface area contributed by atoms with Gasteiger partial charge in [-0.3, -0.25) is 29.5 Å². The number of anilines is 1. The molecular formula is C24H20N4O7. The second-order valence-electron chi connectivity index (χ2n) is 8.24. The van der Waals surface area contributed by atoms with Gasteiger partial charge < -0.3 is 9.47 Å². The Balaban J connectivity index is 1.54. The van der Waals surface area contributed by atoms with Crippen LogP contribution in [0.1, 0.15) is 10.4 Å². The number of fused-ring (bicyclic) bond motifs is 3. The Morgan fingerprint density at radius 1 is 1.00 bits per heavy atom. The lowest BCUT2D eigenvalue weighted by Gasteiger charge is -2.30. The molecule has 11 heteroatoms. The van der Waals surface area contributed by atoms with E-state index in [1.807, 2.05) is 0 Å². The van der Waals surface area contributed by atoms with Gasteiger partial charge in [-0.2, -0.15) is 5.10 Å². The van der Waals surface area contributed by atoms with Crippen molar-refractivity contribution in [2.24, 2.45) is 16.9 Å². The predicted molar refractivity (Wildman–Crippen MR) is 123 cm³/mol. The van der Waals surface area contributed by atoms with Crippen molar-refractivity contribution in [2.75, 3.05) is 19.1 Å². The molecule has 0 aromatic heterocycles. The van der Waals surface area contributed by atoms with Gasteiger partial charge in [-0.1, -0.05) is 6.08 Å². The van der Waals surface area contributed by atoms with Gasteiger partial charge in [0.2, 0.25) is 11.8 Å². The number of allylic oxidation sites excluding steroid dienone is 1. The zero-order valence-corrected chi connectivity index (χ0v) is 18.7. The van der Waals surface area contributed by atoms with Crippen molar-refractivity contribution in [3.8, 4) is 11.5 Å². The molecule has 0 radical (unpaired) electrons. The van der Waals surface area contributed by atoms with Gasteiger partial charge in [-0.25, -0.2) is 4.90 Å². The highest BCUT2D eigenvalue weighted by Gasteiger charge is 2.64. The van der Waals surface area contributed by atoms with Crippen LogP contribution in [0.5, 0.6) is 11.5 Å². The summed E-state index contributed by atoms with van der Waals surface area (Å²) >= 11 is 0. The Bertz CT molecular complexity index is 1300. The van der Waals surface area contributed by atoms with E-state index in [9.17, 15) is 24.5 Å². The predicted octanol–water partition coefficient (Wildman–Crippen LogP) is 2.21. The molecule has 0 unspecified atom stereocenters. The fraction of sp³-hybridized carbons (Fsp3) is 0.250. The smallest absolute Gasteiger partial charge is 0.269 e. The number of ketones is 1. The van der Waals surface area contributed by atoms with E-state index in [-0.39, 0.29) is 22.7 Å². The summed E-state index contributed by atoms with van der Waals surface area (Å²) in [5.41, 5.74) is 0.336. The van der Waals surface area contributed by atoms with Gasteiger partial charge in [-0.15, -0.1) is 0 Å². The molecular weight excluding hydrogens is 456 g/mol. The molecule has 2 aromatic rings. The molecule has 35 heavy (non-hydrogen) atoms. The molecule has 3 aliphatic rings. The number of nitrogens with zero attached hydrogens (tertiary/aromatic N) is 4. The van der Waals surface area contributed by atoms with Crippen molar-refractivity contribution in [3.05, 3.63) is 70.3 Å². The fourth-order valence-electron chi connectivity index (χ4n) is 4.98. The van der Waals surface area contributed by atoms with Gasteiger partial charge in [0.15, 0.2) is 17.3 Å². The summed E-state index contributed by atoms with van der Waals surface area (Å²) in [5.74, 6) is -2.43. The summed E-state index contributed by atoms with van der Waals surface area (Å²) in [5, 5.41) is 16.8. The number of hydrazone groups is 1. The lowest BCUT2D eigenvalue weighted by molar-refractivity contribution is -0.384. The largest absolute Gasteiger partial charge is 0.493 e. The number of rotatable bonds is 6. The molecule has 0 aliphatic carbocycles. The van der Waals surface area contributed by atoms with Crippen molar-refractivity contribution in [2.45, 2.75) is 12.1 Å². The number of hydrogen-bond donors (Lipinski definition) is 0. The maximum Gasteiger partial charge on any atom is 0.269 e. The van der Waals surface area contributed by atoms with Crippen LogP contribution < -0.4 is 14.4 Å². The first-order chi connectivity index (χ1) is 16.9. The van der Waals surface area contributed by atoms with Crippen LogP contribution in [0.4, 0.5) is 11.4 Å². The average molecular weight is 476 g/mol. The normalized spacial score (nSPS) is 24.4. The molecule has 3 heterocycles. The van der Waals surface area contributed by atoms with Gasteiger partial charge in [0.05, 0.1) is 42.7 Å². The minimum absolute atomic E-state index is 0.162. The topological polar surface area (TPSA) is 132 Å². The minimum Gasteiger partial charge on any atom is -0.493 e. The number of methoxy groups -OCH3 is 2. The highest BCUT2D eigenvalue weighted by atomic mass is 16.6. The molecule has 2 fully saturated rings. The van der Waals surface area contributed by atoms with Crippen LogP contribution in [0.2, 0.25) is 0 Å². The van der Waals surface area contributed by atoms with Gasteiger partial charge in [-0.05, 0) is 36.4 Å². The number of non-ortho nitro benzene ring substituents is 1. The molecule has 0 N–H and O–H groups in total. The second-order valence-corrected chi connectivity index (χ2v) is 8.24. The van der Waals surface area contributed by atoms with E-state index in [4.69, 9.17) is 9.47 Å². The van der Waals surface area contributed by atoms with E-state index >= 15 is 0 Å². The van der Waals surface area contributed by atoms with Crippen LogP contribution in [0, 0.1) is 22.0 Å². The van der Waals surface area contributed by atoms with E-state index in [2.05, 4.69) is 5.10 Å². The summed E-state index contributed by atoms with van der Waals surface area (Å²) in [7, 11) is 2.94. The third kappa shape index (κ3) is 3.35. The van der Waals surface area contributed by atoms with Gasteiger partial charge in [0, 0.05) is 23.9 Å². The molecule has 11 nitrogen and oxygen atoms in total. The number of nitro groups is 1. The van der Waals surface area contributed by atoms with E-state index in [0.717, 1.165) is 4.90 Å². The summed E-state index contributed by atoms with van der Waals surface area (Å²) < 4.78 is 10.6. The standard InChI is InChI=1S/C24H20N4O7/c1-34-17-10-5-13(12-18(17)35-2)22(29)21-20-19(16-4-3-11-25-27(16)21)23(30)26(24(20)31)14-6-8-15(9-7-14)28(32)33/h3-12,16,19-21H,1-2H3/t16-,19-,20+,21-/m0/s1. The molecule has 3 aliphatic heterocycles. The first kappa shape index (κ1) is 22.3. The third-order valence-corrected chi connectivity index (χ3v) is 6.55. The van der Waals surface area contributed by atoms with Crippen LogP contribution in [0.25, 0.3) is 0 Å². The van der Waals surface area contributed by atoms with Crippen molar-refractivity contribution in [1.82, 2.24) is 5.01 Å². The number of carbonyl (C=O) groups excluding carboxylic acids is 3. The van der Waals surface area contributed by atoms with Crippen molar-refractivity contribution in [1.29, 1.82) is 0 Å². The molecule has 2 saturated heterocycles. The van der Waals surface area contributed by atoms with Gasteiger partial charge >= 0.3 is 0 Å². The van der Waals surface area contributed by atoms with E-state index in [1.54, 1.807) is 24.3 Å². The van der Waals surface area contributed by atoms with Crippen molar-refractivity contribution in [3.63, 3.8) is 0 Å². The quantitative estimate of drug-likeness (QED) is 0.268. The number of carbonyl (C=O) groups is 3. The van der Waals surface area contributed by atoms with Crippen LogP contribution in [0.15, 0.2) is 59.7 Å². The number of hydrogen-bond acceptors (Lipinski definition) is 9. The Labute approximate surface area is 199 Å². The lowest BCUT2D eigenvalue weighted by Crippen LogP contribution is -2.46. The third-order valence-electron chi connectivity index (χ3n) is 6.55. The zero-order chi connectivity index (χ0) is 24.9. The minimum atomic E-state index is -1.02. The summed E-state index contributed by atoms with van der Waals surface area (Å²) in [6, 6.07) is 8.26. The molecule has 2 amide bonds. The summed E-state index contributed by atoms with van der Waals surface area (Å²) in [6.07, 6.45) is 4.93. The van der Waals surface area contributed by atoms with Crippen LogP contribution >= 0.6 is 0 Å². The SMILES string of the molecule is COc1ccc(C(=O)[C@@H]2[C@@H]3C(=O)N(c4ccc([N+](=O)[O-])cc4)C(=O)[C@H]3[C@@H]3C=CC=NN23)cc1OC. The molecule has 178 valence electrons. The highest BCUT2D eigenvalue weighted by Crippen LogP contribution is 2.46. The summed E-state index contributed by atoms with van der Waals surface area (Å²) in [4.78, 5) is 52.3. The number of benzene rings is 2. The van der Waals surface area contributed by atoms with E-state index in [0.29, 0.717) is 11.5 Å². The number of amides is 2. The Hall–Kier alpha value is -4.54. The molecule has 2 aromatic carbocycles. The van der Waals surface area contributed by atoms with Crippen LogP contribution in [-0.4, -0.2) is 60.0 Å². The first-order valence-corrected chi connectivity index (χ1v) is 10.7. The number of Topliss-reactive ketones (excluding diaryl/α,β-unsaturated/α-hetero) is 1. The number of ether oxygens (including phenoxy) is 2. The van der Waals surface area contributed by atoms with Gasteiger partial charge in [0.1, 0.15) is 6.04 Å². The number of nitro benzene ring substituents is 1. The van der Waals surface area contributed by atoms with E-state index in [1.165, 1.54) is 55.8 Å². The van der Waals surface area contributed by atoms with Crippen LogP contribution in [0.3, 0.4) is 0 Å². The Morgan fingerprint density at radius 3 is 2.34 bits per heavy atom. The molecule has 0 spiro atoms. The van der Waals surface area contributed by atoms with Crippen molar-refractivity contribution >= 4 is 35.2 Å². The maximum absolute atomic E-state index is 13.7. The first-order valence-electron chi connectivity index (χ1n) is 10.7. The average Bonchev–Trinajstić information content (AvgIpc) is 3.35. The summed E-state index contributed by atoms with van der Waals surface area (Å²) in [6.45, 7) is 0. The van der Waals surface area contributed by atoms with Gasteiger partial charge in [0.25, 0.3) is 5.69 Å². The van der Waals surface area contributed by atoms with Crippen LogP contribution in [-0.2, 0) is 9.59 Å². The molecule has 0 saturated carbocycles. The fourth-order valence-corrected chi connectivity index (χ4v) is 4.98. The van der Waals surface area contributed by atoms with E-state index < -0.39 is 40.7 Å². The Morgan fingerprint density at radius 2 is 1.69 bits per heavy atom. The monoisotopic (exact) mass is 476 g/mol. The second kappa shape index (κ2) is 8.35. The number of imide groups is 1. The highest BCUT2D eigenvalue weighted by molar-refractivity contribution is 6.24. The molecule has 0 bridgehead atoms. The maximum atomic E-state index is 13.7. The molecule has 5 rings (SSSR count). The lowest BCUT2D eigenvalue weighted by atomic mass is 9.86. The Kier molecular flexibility index (Phi) is 5.31.